The van der Waals surface area contributed by atoms with Crippen LogP contribution in [-0.4, -0.2) is 13.1 Å². The van der Waals surface area contributed by atoms with E-state index in [0.29, 0.717) is 0 Å². The lowest BCUT2D eigenvalue weighted by Gasteiger charge is -2.32. The van der Waals surface area contributed by atoms with Crippen molar-refractivity contribution in [2.24, 2.45) is 5.92 Å². The summed E-state index contributed by atoms with van der Waals surface area (Å²) in [6, 6.07) is 6.06. The summed E-state index contributed by atoms with van der Waals surface area (Å²) in [6.07, 6.45) is 2.58. The summed E-state index contributed by atoms with van der Waals surface area (Å²) in [6.45, 7) is 4.64. The van der Waals surface area contributed by atoms with Gasteiger partial charge in [0.15, 0.2) is 0 Å². The van der Waals surface area contributed by atoms with Gasteiger partial charge in [-0.15, -0.1) is 0 Å². The summed E-state index contributed by atoms with van der Waals surface area (Å²) in [5.41, 5.74) is 7.82. The summed E-state index contributed by atoms with van der Waals surface area (Å²) in [5, 5.41) is 0. The second-order valence-electron chi connectivity index (χ2n) is 4.38. The molecular formula is C12H17BrN2. The molecule has 0 saturated carbocycles. The first-order valence-corrected chi connectivity index (χ1v) is 6.26. The van der Waals surface area contributed by atoms with Crippen molar-refractivity contribution in [3.8, 4) is 0 Å². The van der Waals surface area contributed by atoms with Gasteiger partial charge in [0, 0.05) is 23.2 Å². The van der Waals surface area contributed by atoms with E-state index < -0.39 is 0 Å². The zero-order valence-corrected chi connectivity index (χ0v) is 10.6. The number of rotatable bonds is 1. The number of nitrogens with two attached hydrogens (primary N) is 1. The summed E-state index contributed by atoms with van der Waals surface area (Å²) in [4.78, 5) is 2.43. The van der Waals surface area contributed by atoms with Crippen molar-refractivity contribution in [3.05, 3.63) is 22.7 Å². The molecule has 1 heterocycles. The highest BCUT2D eigenvalue weighted by atomic mass is 79.9. The molecule has 1 aromatic rings. The van der Waals surface area contributed by atoms with E-state index in [1.807, 2.05) is 12.1 Å². The predicted molar refractivity (Wildman–Crippen MR) is 69.2 cm³/mol. The number of hydrogen-bond acceptors (Lipinski definition) is 2. The fraction of sp³-hybridized carbons (Fsp3) is 0.500. The predicted octanol–water partition coefficient (Wildman–Crippen LogP) is 3.27. The average Bonchev–Trinajstić information content (AvgIpc) is 2.20. The van der Waals surface area contributed by atoms with E-state index >= 15 is 0 Å². The average molecular weight is 269 g/mol. The molecule has 0 aromatic heterocycles. The van der Waals surface area contributed by atoms with Gasteiger partial charge in [-0.3, -0.25) is 0 Å². The Hall–Kier alpha value is -0.700. The molecule has 0 radical (unpaired) electrons. The van der Waals surface area contributed by atoms with Crippen LogP contribution in [0.4, 0.5) is 11.4 Å². The highest BCUT2D eigenvalue weighted by Gasteiger charge is 2.17. The molecule has 0 amide bonds. The number of halogens is 1. The van der Waals surface area contributed by atoms with Crippen LogP contribution in [0.15, 0.2) is 22.7 Å². The van der Waals surface area contributed by atoms with Crippen LogP contribution >= 0.6 is 15.9 Å². The Labute approximate surface area is 99.6 Å². The van der Waals surface area contributed by atoms with Crippen LogP contribution in [0.3, 0.4) is 0 Å². The van der Waals surface area contributed by atoms with Gasteiger partial charge in [-0.25, -0.2) is 0 Å². The third kappa shape index (κ3) is 2.46. The SMILES string of the molecule is CC1CCN(c2ccc(N)cc2Br)CC1. The molecule has 0 aliphatic carbocycles. The molecule has 82 valence electrons. The number of nitrogen functional groups attached to an aromatic ring is 1. The van der Waals surface area contributed by atoms with Crippen molar-refractivity contribution in [1.82, 2.24) is 0 Å². The van der Waals surface area contributed by atoms with Crippen molar-refractivity contribution in [1.29, 1.82) is 0 Å². The van der Waals surface area contributed by atoms with Crippen LogP contribution in [0.5, 0.6) is 0 Å². The van der Waals surface area contributed by atoms with Gasteiger partial charge in [0.05, 0.1) is 5.69 Å². The van der Waals surface area contributed by atoms with Gasteiger partial charge in [-0.05, 0) is 52.9 Å². The maximum absolute atomic E-state index is 5.73. The number of nitrogens with zero attached hydrogens (tertiary/aromatic N) is 1. The van der Waals surface area contributed by atoms with Crippen molar-refractivity contribution in [3.63, 3.8) is 0 Å². The standard InChI is InChI=1S/C12H17BrN2/c1-9-4-6-15(7-5-9)12-3-2-10(14)8-11(12)13/h2-3,8-9H,4-7,14H2,1H3. The quantitative estimate of drug-likeness (QED) is 0.793. The Balaban J connectivity index is 2.15. The summed E-state index contributed by atoms with van der Waals surface area (Å²) in [7, 11) is 0. The van der Waals surface area contributed by atoms with Crippen LogP contribution in [0.2, 0.25) is 0 Å². The topological polar surface area (TPSA) is 29.3 Å². The van der Waals surface area contributed by atoms with Gasteiger partial charge >= 0.3 is 0 Å². The minimum absolute atomic E-state index is 0.816. The second-order valence-corrected chi connectivity index (χ2v) is 5.23. The normalized spacial score (nSPS) is 18.1. The molecular weight excluding hydrogens is 252 g/mol. The third-order valence-corrected chi connectivity index (χ3v) is 3.73. The Kier molecular flexibility index (Phi) is 3.19. The number of benzene rings is 1. The molecule has 1 aromatic carbocycles. The Morgan fingerprint density at radius 3 is 2.60 bits per heavy atom. The van der Waals surface area contributed by atoms with E-state index in [1.165, 1.54) is 18.5 Å². The van der Waals surface area contributed by atoms with E-state index in [-0.39, 0.29) is 0 Å². The van der Waals surface area contributed by atoms with Crippen LogP contribution in [0.1, 0.15) is 19.8 Å². The second kappa shape index (κ2) is 4.44. The monoisotopic (exact) mass is 268 g/mol. The molecule has 2 rings (SSSR count). The molecule has 0 unspecified atom stereocenters. The highest BCUT2D eigenvalue weighted by Crippen LogP contribution is 2.31. The van der Waals surface area contributed by atoms with Crippen LogP contribution in [0.25, 0.3) is 0 Å². The van der Waals surface area contributed by atoms with E-state index in [2.05, 4.69) is 33.8 Å². The van der Waals surface area contributed by atoms with Crippen LogP contribution < -0.4 is 10.6 Å². The Morgan fingerprint density at radius 1 is 1.33 bits per heavy atom. The van der Waals surface area contributed by atoms with Gasteiger partial charge in [0.2, 0.25) is 0 Å². The fourth-order valence-corrected chi connectivity index (χ4v) is 2.68. The highest BCUT2D eigenvalue weighted by molar-refractivity contribution is 9.10. The van der Waals surface area contributed by atoms with E-state index in [4.69, 9.17) is 5.73 Å². The number of piperidine rings is 1. The first-order valence-electron chi connectivity index (χ1n) is 5.47. The van der Waals surface area contributed by atoms with Crippen molar-refractivity contribution >= 4 is 27.3 Å². The molecule has 15 heavy (non-hydrogen) atoms. The molecule has 3 heteroatoms. The molecule has 0 atom stereocenters. The van der Waals surface area contributed by atoms with Crippen LogP contribution in [-0.2, 0) is 0 Å². The zero-order valence-electron chi connectivity index (χ0n) is 9.04. The molecule has 2 N–H and O–H groups in total. The molecule has 1 saturated heterocycles. The van der Waals surface area contributed by atoms with Gasteiger partial charge < -0.3 is 10.6 Å². The molecule has 1 fully saturated rings. The first-order chi connectivity index (χ1) is 7.16. The minimum Gasteiger partial charge on any atom is -0.399 e. The summed E-state index contributed by atoms with van der Waals surface area (Å²) < 4.78 is 1.11. The smallest absolute Gasteiger partial charge is 0.0512 e. The molecule has 1 aliphatic heterocycles. The molecule has 1 aliphatic rings. The summed E-state index contributed by atoms with van der Waals surface area (Å²) in [5.74, 6) is 0.869. The minimum atomic E-state index is 0.816. The lowest BCUT2D eigenvalue weighted by Crippen LogP contribution is -2.32. The maximum Gasteiger partial charge on any atom is 0.0512 e. The number of anilines is 2. The zero-order chi connectivity index (χ0) is 10.8. The maximum atomic E-state index is 5.73. The molecule has 0 bridgehead atoms. The van der Waals surface area contributed by atoms with E-state index in [1.54, 1.807) is 0 Å². The van der Waals surface area contributed by atoms with Gasteiger partial charge in [-0.1, -0.05) is 6.92 Å². The van der Waals surface area contributed by atoms with E-state index in [9.17, 15) is 0 Å². The largest absolute Gasteiger partial charge is 0.399 e. The van der Waals surface area contributed by atoms with Crippen molar-refractivity contribution in [2.75, 3.05) is 23.7 Å². The first kappa shape index (κ1) is 10.8. The number of hydrogen-bond donors (Lipinski definition) is 1. The van der Waals surface area contributed by atoms with Gasteiger partial charge in [0.25, 0.3) is 0 Å². The van der Waals surface area contributed by atoms with E-state index in [0.717, 1.165) is 29.2 Å². The third-order valence-electron chi connectivity index (χ3n) is 3.10. The Morgan fingerprint density at radius 2 is 2.00 bits per heavy atom. The van der Waals surface area contributed by atoms with Crippen molar-refractivity contribution < 1.29 is 0 Å². The van der Waals surface area contributed by atoms with Crippen LogP contribution in [0, 0.1) is 5.92 Å². The lowest BCUT2D eigenvalue weighted by atomic mass is 9.99. The van der Waals surface area contributed by atoms with Crippen molar-refractivity contribution in [2.45, 2.75) is 19.8 Å². The molecule has 2 nitrogen and oxygen atoms in total. The fourth-order valence-electron chi connectivity index (χ4n) is 2.03. The summed E-state index contributed by atoms with van der Waals surface area (Å²) >= 11 is 3.58. The Bertz CT molecular complexity index is 343. The van der Waals surface area contributed by atoms with Gasteiger partial charge in [-0.2, -0.15) is 0 Å². The van der Waals surface area contributed by atoms with Gasteiger partial charge in [0.1, 0.15) is 0 Å². The molecule has 0 spiro atoms. The lowest BCUT2D eigenvalue weighted by molar-refractivity contribution is 0.438.